The van der Waals surface area contributed by atoms with Crippen molar-refractivity contribution in [3.8, 4) is 0 Å². The Morgan fingerprint density at radius 2 is 1.78 bits per heavy atom. The summed E-state index contributed by atoms with van der Waals surface area (Å²) in [5.74, 6) is 0.488. The van der Waals surface area contributed by atoms with Crippen molar-refractivity contribution in [2.45, 2.75) is 46.0 Å². The van der Waals surface area contributed by atoms with Gasteiger partial charge in [0, 0.05) is 1.37 Å². The number of hydrogen-bond donors (Lipinski definition) is 0. The van der Waals surface area contributed by atoms with Crippen LogP contribution < -0.4 is 0 Å². The van der Waals surface area contributed by atoms with Crippen LogP contribution in [0.5, 0.6) is 0 Å². The van der Waals surface area contributed by atoms with Crippen LogP contribution in [0.25, 0.3) is 0 Å². The maximum Gasteiger partial charge on any atom is 0.0300 e. The van der Waals surface area contributed by atoms with Gasteiger partial charge in [0.2, 0.25) is 0 Å². The second-order valence-corrected chi connectivity index (χ2v) is 3.41. The minimum absolute atomic E-state index is 0.180. The van der Waals surface area contributed by atoms with Crippen molar-refractivity contribution in [1.82, 2.24) is 0 Å². The zero-order valence-corrected chi connectivity index (χ0v) is 6.61. The third kappa shape index (κ3) is 2.00. The van der Waals surface area contributed by atoms with E-state index in [1.54, 1.807) is 0 Å². The van der Waals surface area contributed by atoms with E-state index in [0.717, 1.165) is 0 Å². The van der Waals surface area contributed by atoms with Crippen LogP contribution in [-0.4, -0.2) is 0 Å². The third-order valence-corrected chi connectivity index (χ3v) is 2.42. The molecule has 0 bridgehead atoms. The molecule has 1 saturated carbocycles. The van der Waals surface area contributed by atoms with Gasteiger partial charge in [0.25, 0.3) is 0 Å². The van der Waals surface area contributed by atoms with E-state index < -0.39 is 0 Å². The summed E-state index contributed by atoms with van der Waals surface area (Å²) in [5.41, 5.74) is 0. The molecule has 0 heteroatoms. The fourth-order valence-corrected chi connectivity index (χ4v) is 1.68. The Hall–Kier alpha value is 0. The van der Waals surface area contributed by atoms with Gasteiger partial charge in [0.15, 0.2) is 0 Å². The predicted molar refractivity (Wildman–Crippen MR) is 41.4 cm³/mol. The lowest BCUT2D eigenvalue weighted by Gasteiger charge is -2.24. The molecule has 0 aromatic carbocycles. The first kappa shape index (κ1) is 5.76. The largest absolute Gasteiger partial charge is 0.0625 e. The molecule has 1 rings (SSSR count). The van der Waals surface area contributed by atoms with Gasteiger partial charge in [0.05, 0.1) is 0 Å². The molecule has 0 radical (unpaired) electrons. The Morgan fingerprint density at radius 1 is 1.22 bits per heavy atom. The van der Waals surface area contributed by atoms with Gasteiger partial charge in [-0.3, -0.25) is 0 Å². The smallest absolute Gasteiger partial charge is 0.0300 e. The lowest BCUT2D eigenvalue weighted by molar-refractivity contribution is 0.279. The molecule has 0 saturated heterocycles. The van der Waals surface area contributed by atoms with Gasteiger partial charge >= 0.3 is 0 Å². The van der Waals surface area contributed by atoms with Gasteiger partial charge in [-0.15, -0.1) is 0 Å². The molecule has 0 spiro atoms. The SMILES string of the molecule is [2H]C(C)(C)C1CCCCC1. The van der Waals surface area contributed by atoms with Crippen LogP contribution in [0.1, 0.15) is 47.3 Å². The number of rotatable bonds is 1. The standard InChI is InChI=1S/C9H18/c1-8(2)9-6-4-3-5-7-9/h8-9H,3-7H2,1-2H3/i8D. The summed E-state index contributed by atoms with van der Waals surface area (Å²) in [7, 11) is 0. The summed E-state index contributed by atoms with van der Waals surface area (Å²) in [5, 5.41) is 0. The summed E-state index contributed by atoms with van der Waals surface area (Å²) >= 11 is 0. The fraction of sp³-hybridized carbons (Fsp3) is 1.00. The van der Waals surface area contributed by atoms with Crippen LogP contribution in [0.15, 0.2) is 0 Å². The van der Waals surface area contributed by atoms with Crippen molar-refractivity contribution in [3.05, 3.63) is 0 Å². The van der Waals surface area contributed by atoms with Gasteiger partial charge in [-0.2, -0.15) is 0 Å². The van der Waals surface area contributed by atoms with Crippen molar-refractivity contribution in [3.63, 3.8) is 0 Å². The fourth-order valence-electron chi connectivity index (χ4n) is 1.68. The molecule has 1 aliphatic rings. The van der Waals surface area contributed by atoms with Gasteiger partial charge in [-0.25, -0.2) is 0 Å². The molecule has 0 aromatic heterocycles. The Kier molecular flexibility index (Phi) is 2.07. The van der Waals surface area contributed by atoms with Gasteiger partial charge in [-0.1, -0.05) is 46.0 Å². The van der Waals surface area contributed by atoms with E-state index in [-0.39, 0.29) is 5.89 Å². The Labute approximate surface area is 60.1 Å². The lowest BCUT2D eigenvalue weighted by Crippen LogP contribution is -2.12. The first-order chi connectivity index (χ1) is 4.61. The van der Waals surface area contributed by atoms with Crippen molar-refractivity contribution in [1.29, 1.82) is 0 Å². The van der Waals surface area contributed by atoms with E-state index >= 15 is 0 Å². The highest BCUT2D eigenvalue weighted by atomic mass is 14.2. The molecule has 0 atom stereocenters. The molecule has 1 fully saturated rings. The highest BCUT2D eigenvalue weighted by Gasteiger charge is 2.15. The van der Waals surface area contributed by atoms with E-state index in [9.17, 15) is 0 Å². The summed E-state index contributed by atoms with van der Waals surface area (Å²) in [6.07, 6.45) is 6.68. The van der Waals surface area contributed by atoms with Crippen LogP contribution in [0.2, 0.25) is 0 Å². The minimum atomic E-state index is -0.180. The Morgan fingerprint density at radius 3 is 2.11 bits per heavy atom. The number of hydrogen-bond acceptors (Lipinski definition) is 0. The maximum atomic E-state index is 7.83. The van der Waals surface area contributed by atoms with Crippen molar-refractivity contribution >= 4 is 0 Å². The summed E-state index contributed by atoms with van der Waals surface area (Å²) in [6.45, 7) is 4.09. The van der Waals surface area contributed by atoms with Crippen LogP contribution in [-0.2, 0) is 0 Å². The molecule has 0 aliphatic heterocycles. The minimum Gasteiger partial charge on any atom is -0.0625 e. The van der Waals surface area contributed by atoms with Gasteiger partial charge in [-0.05, 0) is 11.8 Å². The molecule has 1 aliphatic carbocycles. The second-order valence-electron chi connectivity index (χ2n) is 3.41. The molecule has 0 amide bonds. The highest BCUT2D eigenvalue weighted by molar-refractivity contribution is 4.67. The zero-order valence-electron chi connectivity index (χ0n) is 7.61. The molecule has 0 aromatic rings. The Balaban J connectivity index is 2.39. The van der Waals surface area contributed by atoms with Crippen molar-refractivity contribution in [2.75, 3.05) is 0 Å². The average Bonchev–Trinajstić information content (AvgIpc) is 1.88. The van der Waals surface area contributed by atoms with Gasteiger partial charge < -0.3 is 0 Å². The van der Waals surface area contributed by atoms with E-state index in [1.807, 2.05) is 13.8 Å². The molecule has 54 valence electrons. The Bertz CT molecular complexity index is 95.8. The quantitative estimate of drug-likeness (QED) is 0.507. The van der Waals surface area contributed by atoms with Gasteiger partial charge in [0.1, 0.15) is 0 Å². The summed E-state index contributed by atoms with van der Waals surface area (Å²) < 4.78 is 7.83. The van der Waals surface area contributed by atoms with E-state index in [2.05, 4.69) is 0 Å². The summed E-state index contributed by atoms with van der Waals surface area (Å²) in [4.78, 5) is 0. The first-order valence-corrected chi connectivity index (χ1v) is 4.11. The van der Waals surface area contributed by atoms with Crippen LogP contribution in [0.3, 0.4) is 0 Å². The molecule has 9 heavy (non-hydrogen) atoms. The van der Waals surface area contributed by atoms with E-state index in [0.29, 0.717) is 5.92 Å². The normalized spacial score (nSPS) is 25.8. The van der Waals surface area contributed by atoms with Crippen LogP contribution >= 0.6 is 0 Å². The molecule has 0 heterocycles. The van der Waals surface area contributed by atoms with Crippen LogP contribution in [0, 0.1) is 11.8 Å². The maximum absolute atomic E-state index is 7.83. The second kappa shape index (κ2) is 3.24. The van der Waals surface area contributed by atoms with E-state index in [4.69, 9.17) is 1.37 Å². The predicted octanol–water partition coefficient (Wildman–Crippen LogP) is 3.22. The molecular weight excluding hydrogens is 108 g/mol. The third-order valence-electron chi connectivity index (χ3n) is 2.42. The molecule has 0 nitrogen and oxygen atoms in total. The lowest BCUT2D eigenvalue weighted by atomic mass is 9.82. The molecular formula is C9H18. The van der Waals surface area contributed by atoms with Crippen LogP contribution in [0.4, 0.5) is 0 Å². The zero-order chi connectivity index (χ0) is 7.61. The molecule has 0 N–H and O–H groups in total. The highest BCUT2D eigenvalue weighted by Crippen LogP contribution is 2.29. The monoisotopic (exact) mass is 127 g/mol. The van der Waals surface area contributed by atoms with E-state index in [1.165, 1.54) is 32.1 Å². The first-order valence-electron chi connectivity index (χ1n) is 4.61. The molecule has 0 unspecified atom stereocenters. The van der Waals surface area contributed by atoms with Crippen molar-refractivity contribution in [2.24, 2.45) is 11.8 Å². The average molecular weight is 127 g/mol. The van der Waals surface area contributed by atoms with Crippen molar-refractivity contribution < 1.29 is 1.37 Å². The summed E-state index contributed by atoms with van der Waals surface area (Å²) in [6, 6.07) is 0. The topological polar surface area (TPSA) is 0 Å².